The van der Waals surface area contributed by atoms with Crippen LogP contribution < -0.4 is 5.32 Å². The highest BCUT2D eigenvalue weighted by atomic mass is 16.2. The number of amides is 2. The molecule has 122 valence electrons. The van der Waals surface area contributed by atoms with Gasteiger partial charge in [0, 0.05) is 31.5 Å². The summed E-state index contributed by atoms with van der Waals surface area (Å²) in [4.78, 5) is 18.2. The Kier molecular flexibility index (Phi) is 4.60. The third kappa shape index (κ3) is 3.88. The van der Waals surface area contributed by atoms with Gasteiger partial charge in [-0.1, -0.05) is 6.07 Å². The molecule has 6 heteroatoms. The Morgan fingerprint density at radius 2 is 2.09 bits per heavy atom. The number of rotatable bonds is 3. The first kappa shape index (κ1) is 15.5. The van der Waals surface area contributed by atoms with E-state index in [0.717, 1.165) is 38.2 Å². The van der Waals surface area contributed by atoms with E-state index in [0.29, 0.717) is 11.7 Å². The van der Waals surface area contributed by atoms with Gasteiger partial charge < -0.3 is 4.90 Å². The van der Waals surface area contributed by atoms with Gasteiger partial charge in [-0.2, -0.15) is 5.10 Å². The number of nitrogens with zero attached hydrogens (tertiary/aromatic N) is 4. The topological polar surface area (TPSA) is 63.1 Å². The Morgan fingerprint density at radius 1 is 1.30 bits per heavy atom. The van der Waals surface area contributed by atoms with E-state index in [4.69, 9.17) is 0 Å². The number of hydrogen-bond donors (Lipinski definition) is 1. The van der Waals surface area contributed by atoms with Crippen LogP contribution in [0.15, 0.2) is 30.5 Å². The number of pyridine rings is 1. The number of aromatic nitrogens is 3. The minimum atomic E-state index is -0.0618. The van der Waals surface area contributed by atoms with Crippen molar-refractivity contribution < 1.29 is 4.79 Å². The molecule has 0 bridgehead atoms. The summed E-state index contributed by atoms with van der Waals surface area (Å²) in [6.45, 7) is 6.62. The maximum Gasteiger partial charge on any atom is 0.323 e. The lowest BCUT2D eigenvalue weighted by Crippen LogP contribution is -2.41. The van der Waals surface area contributed by atoms with Gasteiger partial charge in [-0.3, -0.25) is 10.00 Å². The summed E-state index contributed by atoms with van der Waals surface area (Å²) >= 11 is 0. The van der Waals surface area contributed by atoms with Crippen LogP contribution in [-0.4, -0.2) is 38.8 Å². The van der Waals surface area contributed by atoms with Crippen molar-refractivity contribution in [1.82, 2.24) is 19.7 Å². The third-order valence-electron chi connectivity index (χ3n) is 4.34. The first-order chi connectivity index (χ1) is 11.1. The zero-order valence-corrected chi connectivity index (χ0v) is 13.7. The van der Waals surface area contributed by atoms with Gasteiger partial charge in [-0.15, -0.1) is 0 Å². The van der Waals surface area contributed by atoms with Crippen LogP contribution in [-0.2, 0) is 6.54 Å². The van der Waals surface area contributed by atoms with Crippen LogP contribution in [0, 0.1) is 19.8 Å². The molecule has 1 N–H and O–H groups in total. The van der Waals surface area contributed by atoms with Crippen molar-refractivity contribution in [3.63, 3.8) is 0 Å². The quantitative estimate of drug-likeness (QED) is 0.947. The number of likely N-dealkylation sites (tertiary alicyclic amines) is 1. The Morgan fingerprint density at radius 3 is 2.70 bits per heavy atom. The number of nitrogens with one attached hydrogen (secondary N) is 1. The summed E-state index contributed by atoms with van der Waals surface area (Å²) in [6.07, 6.45) is 3.69. The van der Waals surface area contributed by atoms with Crippen molar-refractivity contribution in [3.8, 4) is 0 Å². The lowest BCUT2D eigenvalue weighted by molar-refractivity contribution is 0.175. The molecule has 2 aromatic heterocycles. The molecule has 0 aliphatic carbocycles. The Labute approximate surface area is 136 Å². The molecule has 0 spiro atoms. The largest absolute Gasteiger partial charge is 0.324 e. The Balaban J connectivity index is 1.50. The van der Waals surface area contributed by atoms with Gasteiger partial charge in [0.25, 0.3) is 0 Å². The minimum absolute atomic E-state index is 0.0618. The second-order valence-corrected chi connectivity index (χ2v) is 6.18. The molecular weight excluding hydrogens is 290 g/mol. The van der Waals surface area contributed by atoms with Crippen LogP contribution in [0.5, 0.6) is 0 Å². The van der Waals surface area contributed by atoms with Crippen molar-refractivity contribution in [1.29, 1.82) is 0 Å². The predicted octanol–water partition coefficient (Wildman–Crippen LogP) is 2.84. The molecule has 23 heavy (non-hydrogen) atoms. The van der Waals surface area contributed by atoms with E-state index in [-0.39, 0.29) is 6.03 Å². The van der Waals surface area contributed by atoms with Crippen molar-refractivity contribution in [2.45, 2.75) is 33.2 Å². The molecule has 1 saturated heterocycles. The summed E-state index contributed by atoms with van der Waals surface area (Å²) in [6, 6.07) is 7.54. The molecule has 3 rings (SSSR count). The number of anilines is 1. The van der Waals surface area contributed by atoms with Gasteiger partial charge in [0.15, 0.2) is 0 Å². The van der Waals surface area contributed by atoms with Gasteiger partial charge in [-0.25, -0.2) is 9.78 Å². The van der Waals surface area contributed by atoms with Crippen LogP contribution in [0.4, 0.5) is 10.6 Å². The lowest BCUT2D eigenvalue weighted by Gasteiger charge is -2.32. The maximum atomic E-state index is 12.2. The molecule has 3 heterocycles. The van der Waals surface area contributed by atoms with Gasteiger partial charge in [0.1, 0.15) is 5.82 Å². The molecule has 2 amide bonds. The number of urea groups is 1. The molecule has 0 atom stereocenters. The number of hydrogen-bond acceptors (Lipinski definition) is 3. The van der Waals surface area contributed by atoms with Crippen LogP contribution in [0.3, 0.4) is 0 Å². The molecule has 1 fully saturated rings. The zero-order chi connectivity index (χ0) is 16.2. The highest BCUT2D eigenvalue weighted by molar-refractivity contribution is 5.88. The maximum absolute atomic E-state index is 12.2. The highest BCUT2D eigenvalue weighted by Gasteiger charge is 2.23. The number of carbonyl (C=O) groups is 1. The average Bonchev–Trinajstić information content (AvgIpc) is 2.86. The minimum Gasteiger partial charge on any atom is -0.324 e. The smallest absolute Gasteiger partial charge is 0.323 e. The van der Waals surface area contributed by atoms with E-state index < -0.39 is 0 Å². The molecular formula is C17H23N5O. The second kappa shape index (κ2) is 6.81. The fourth-order valence-corrected chi connectivity index (χ4v) is 3.05. The van der Waals surface area contributed by atoms with E-state index >= 15 is 0 Å². The van der Waals surface area contributed by atoms with Crippen LogP contribution in [0.25, 0.3) is 0 Å². The van der Waals surface area contributed by atoms with Crippen molar-refractivity contribution in [2.75, 3.05) is 18.4 Å². The van der Waals surface area contributed by atoms with E-state index in [1.54, 1.807) is 12.3 Å². The summed E-state index contributed by atoms with van der Waals surface area (Å²) in [7, 11) is 0. The SMILES string of the molecule is Cc1cc(C)n(CC2CCN(C(=O)Nc3ccccn3)CC2)n1. The Hall–Kier alpha value is -2.37. The van der Waals surface area contributed by atoms with E-state index in [9.17, 15) is 4.79 Å². The van der Waals surface area contributed by atoms with Gasteiger partial charge in [0.05, 0.1) is 5.69 Å². The molecule has 0 unspecified atom stereocenters. The first-order valence-electron chi connectivity index (χ1n) is 8.10. The van der Waals surface area contributed by atoms with E-state index in [1.165, 1.54) is 5.69 Å². The summed E-state index contributed by atoms with van der Waals surface area (Å²) in [5.41, 5.74) is 2.27. The first-order valence-corrected chi connectivity index (χ1v) is 8.10. The van der Waals surface area contributed by atoms with Crippen molar-refractivity contribution >= 4 is 11.8 Å². The van der Waals surface area contributed by atoms with Gasteiger partial charge in [-0.05, 0) is 50.8 Å². The number of piperidine rings is 1. The number of carbonyl (C=O) groups excluding carboxylic acids is 1. The van der Waals surface area contributed by atoms with Gasteiger partial charge >= 0.3 is 6.03 Å². The molecule has 0 saturated carbocycles. The van der Waals surface area contributed by atoms with E-state index in [2.05, 4.69) is 33.1 Å². The Bertz CT molecular complexity index is 659. The molecule has 6 nitrogen and oxygen atoms in total. The fourth-order valence-electron chi connectivity index (χ4n) is 3.05. The van der Waals surface area contributed by atoms with Crippen LogP contribution in [0.2, 0.25) is 0 Å². The van der Waals surface area contributed by atoms with E-state index in [1.807, 2.05) is 24.0 Å². The predicted molar refractivity (Wildman–Crippen MR) is 89.3 cm³/mol. The van der Waals surface area contributed by atoms with Crippen molar-refractivity contribution in [2.24, 2.45) is 5.92 Å². The summed E-state index contributed by atoms with van der Waals surface area (Å²) in [5, 5.41) is 7.38. The van der Waals surface area contributed by atoms with Crippen molar-refractivity contribution in [3.05, 3.63) is 41.9 Å². The lowest BCUT2D eigenvalue weighted by atomic mass is 9.97. The zero-order valence-electron chi connectivity index (χ0n) is 13.7. The van der Waals surface area contributed by atoms with Gasteiger partial charge in [0.2, 0.25) is 0 Å². The summed E-state index contributed by atoms with van der Waals surface area (Å²) < 4.78 is 2.09. The highest BCUT2D eigenvalue weighted by Crippen LogP contribution is 2.20. The second-order valence-electron chi connectivity index (χ2n) is 6.18. The molecule has 0 radical (unpaired) electrons. The molecule has 1 aliphatic heterocycles. The molecule has 1 aliphatic rings. The monoisotopic (exact) mass is 313 g/mol. The fraction of sp³-hybridized carbons (Fsp3) is 0.471. The standard InChI is InChI=1S/C17H23N5O/c1-13-11-14(2)22(20-13)12-15-6-9-21(10-7-15)17(23)19-16-5-3-4-8-18-16/h3-5,8,11,15H,6-7,9-10,12H2,1-2H3,(H,18,19,23). The van der Waals surface area contributed by atoms with Crippen LogP contribution in [0.1, 0.15) is 24.2 Å². The number of aryl methyl sites for hydroxylation is 2. The summed E-state index contributed by atoms with van der Waals surface area (Å²) in [5.74, 6) is 1.18. The molecule has 0 aromatic carbocycles. The average molecular weight is 313 g/mol. The molecule has 2 aromatic rings. The van der Waals surface area contributed by atoms with Crippen LogP contribution >= 0.6 is 0 Å². The normalized spacial score (nSPS) is 15.7. The third-order valence-corrected chi connectivity index (χ3v) is 4.34.